The molecule has 2 saturated heterocycles. The van der Waals surface area contributed by atoms with Gasteiger partial charge in [0.2, 0.25) is 0 Å². The lowest BCUT2D eigenvalue weighted by Crippen LogP contribution is -2.48. The van der Waals surface area contributed by atoms with E-state index >= 15 is 0 Å². The van der Waals surface area contributed by atoms with Gasteiger partial charge in [-0.1, -0.05) is 0 Å². The molecule has 4 heteroatoms. The van der Waals surface area contributed by atoms with Crippen LogP contribution in [0.25, 0.3) is 0 Å². The summed E-state index contributed by atoms with van der Waals surface area (Å²) in [5.74, 6) is 0.717. The first-order valence-corrected chi connectivity index (χ1v) is 7.73. The van der Waals surface area contributed by atoms with Crippen LogP contribution in [0.5, 0.6) is 0 Å². The third-order valence-corrected chi connectivity index (χ3v) is 4.39. The number of nitrogens with one attached hydrogen (secondary N) is 1. The number of ether oxygens (including phenoxy) is 2. The molecule has 0 spiro atoms. The molecule has 2 heterocycles. The second-order valence-corrected chi connectivity index (χ2v) is 6.47. The topological polar surface area (TPSA) is 33.7 Å². The van der Waals surface area contributed by atoms with Gasteiger partial charge in [-0.05, 0) is 45.7 Å². The third-order valence-electron chi connectivity index (χ3n) is 4.39. The summed E-state index contributed by atoms with van der Waals surface area (Å²) < 4.78 is 11.3. The molecule has 0 aromatic carbocycles. The predicted molar refractivity (Wildman–Crippen MR) is 77.5 cm³/mol. The van der Waals surface area contributed by atoms with Gasteiger partial charge >= 0.3 is 0 Å². The van der Waals surface area contributed by atoms with Gasteiger partial charge in [0.1, 0.15) is 0 Å². The second kappa shape index (κ2) is 7.58. The summed E-state index contributed by atoms with van der Waals surface area (Å²) in [6.07, 6.45) is 5.02. The monoisotopic (exact) mass is 270 g/mol. The molecule has 0 amide bonds. The SMILES string of the molecule is CNCC1(CN(C)CC2CCCOC2)CCCOC1. The molecule has 2 aliphatic rings. The van der Waals surface area contributed by atoms with Crippen molar-refractivity contribution in [2.24, 2.45) is 11.3 Å². The third kappa shape index (κ3) is 4.71. The van der Waals surface area contributed by atoms with Crippen LogP contribution in [0.15, 0.2) is 0 Å². The largest absolute Gasteiger partial charge is 0.381 e. The van der Waals surface area contributed by atoms with Crippen LogP contribution in [0, 0.1) is 11.3 Å². The first kappa shape index (κ1) is 15.2. The van der Waals surface area contributed by atoms with Gasteiger partial charge in [-0.3, -0.25) is 0 Å². The molecule has 2 aliphatic heterocycles. The molecule has 0 aromatic heterocycles. The summed E-state index contributed by atoms with van der Waals surface area (Å²) in [6, 6.07) is 0. The first-order valence-electron chi connectivity index (χ1n) is 7.73. The van der Waals surface area contributed by atoms with Crippen LogP contribution in [0.2, 0.25) is 0 Å². The molecule has 2 unspecified atom stereocenters. The first-order chi connectivity index (χ1) is 9.24. The van der Waals surface area contributed by atoms with E-state index in [0.717, 1.165) is 52.0 Å². The minimum absolute atomic E-state index is 0.303. The highest BCUT2D eigenvalue weighted by Gasteiger charge is 2.34. The van der Waals surface area contributed by atoms with Crippen LogP contribution in [-0.2, 0) is 9.47 Å². The molecular weight excluding hydrogens is 240 g/mol. The van der Waals surface area contributed by atoms with Crippen LogP contribution in [0.4, 0.5) is 0 Å². The lowest BCUT2D eigenvalue weighted by Gasteiger charge is -2.40. The van der Waals surface area contributed by atoms with Crippen molar-refractivity contribution in [3.05, 3.63) is 0 Å². The minimum Gasteiger partial charge on any atom is -0.381 e. The Bertz CT molecular complexity index is 243. The molecular formula is C15H30N2O2. The lowest BCUT2D eigenvalue weighted by molar-refractivity contribution is -0.0283. The van der Waals surface area contributed by atoms with Crippen LogP contribution in [0.3, 0.4) is 0 Å². The Morgan fingerprint density at radius 2 is 2.11 bits per heavy atom. The molecule has 0 aliphatic carbocycles. The van der Waals surface area contributed by atoms with Crippen LogP contribution >= 0.6 is 0 Å². The summed E-state index contributed by atoms with van der Waals surface area (Å²) in [6.45, 7) is 7.08. The van der Waals surface area contributed by atoms with E-state index in [0.29, 0.717) is 5.41 Å². The Kier molecular flexibility index (Phi) is 6.07. The van der Waals surface area contributed by atoms with Crippen molar-refractivity contribution in [3.63, 3.8) is 0 Å². The van der Waals surface area contributed by atoms with E-state index in [-0.39, 0.29) is 0 Å². The van der Waals surface area contributed by atoms with Gasteiger partial charge in [-0.2, -0.15) is 0 Å². The molecule has 4 nitrogen and oxygen atoms in total. The molecule has 1 N–H and O–H groups in total. The van der Waals surface area contributed by atoms with Gasteiger partial charge in [0, 0.05) is 38.3 Å². The Morgan fingerprint density at radius 3 is 2.74 bits per heavy atom. The summed E-state index contributed by atoms with van der Waals surface area (Å²) in [5, 5.41) is 3.36. The highest BCUT2D eigenvalue weighted by atomic mass is 16.5. The summed E-state index contributed by atoms with van der Waals surface area (Å²) in [7, 11) is 4.30. The summed E-state index contributed by atoms with van der Waals surface area (Å²) in [5.41, 5.74) is 0.303. The Balaban J connectivity index is 1.81. The zero-order valence-corrected chi connectivity index (χ0v) is 12.6. The fraction of sp³-hybridized carbons (Fsp3) is 1.00. The van der Waals surface area contributed by atoms with E-state index in [4.69, 9.17) is 9.47 Å². The number of rotatable bonds is 6. The Labute approximate surface area is 117 Å². The maximum atomic E-state index is 5.74. The van der Waals surface area contributed by atoms with E-state index in [1.54, 1.807) is 0 Å². The summed E-state index contributed by atoms with van der Waals surface area (Å²) in [4.78, 5) is 2.49. The maximum absolute atomic E-state index is 5.74. The fourth-order valence-electron chi connectivity index (χ4n) is 3.63. The number of hydrogen-bond acceptors (Lipinski definition) is 4. The minimum atomic E-state index is 0.303. The molecule has 0 aromatic rings. The quantitative estimate of drug-likeness (QED) is 0.790. The van der Waals surface area contributed by atoms with Gasteiger partial charge in [0.25, 0.3) is 0 Å². The number of hydrogen-bond donors (Lipinski definition) is 1. The van der Waals surface area contributed by atoms with Crippen LogP contribution < -0.4 is 5.32 Å². The fourth-order valence-corrected chi connectivity index (χ4v) is 3.63. The van der Waals surface area contributed by atoms with E-state index in [1.807, 2.05) is 7.05 Å². The molecule has 2 rings (SSSR count). The van der Waals surface area contributed by atoms with Crippen molar-refractivity contribution >= 4 is 0 Å². The molecule has 0 bridgehead atoms. The van der Waals surface area contributed by atoms with Gasteiger partial charge < -0.3 is 19.7 Å². The molecule has 0 saturated carbocycles. The van der Waals surface area contributed by atoms with E-state index in [2.05, 4.69) is 17.3 Å². The average Bonchev–Trinajstić information content (AvgIpc) is 2.40. The highest BCUT2D eigenvalue weighted by Crippen LogP contribution is 2.29. The van der Waals surface area contributed by atoms with Crippen LogP contribution in [-0.4, -0.2) is 65.1 Å². The van der Waals surface area contributed by atoms with E-state index in [9.17, 15) is 0 Å². The van der Waals surface area contributed by atoms with Crippen molar-refractivity contribution in [3.8, 4) is 0 Å². The molecule has 19 heavy (non-hydrogen) atoms. The Morgan fingerprint density at radius 1 is 1.26 bits per heavy atom. The maximum Gasteiger partial charge on any atom is 0.0546 e. The van der Waals surface area contributed by atoms with Gasteiger partial charge in [-0.15, -0.1) is 0 Å². The highest BCUT2D eigenvalue weighted by molar-refractivity contribution is 4.86. The predicted octanol–water partition coefficient (Wildman–Crippen LogP) is 1.36. The second-order valence-electron chi connectivity index (χ2n) is 6.47. The molecule has 112 valence electrons. The van der Waals surface area contributed by atoms with E-state index in [1.165, 1.54) is 25.7 Å². The average molecular weight is 270 g/mol. The normalized spacial score (nSPS) is 32.7. The number of nitrogens with zero attached hydrogens (tertiary/aromatic N) is 1. The van der Waals surface area contributed by atoms with Crippen molar-refractivity contribution in [1.82, 2.24) is 10.2 Å². The van der Waals surface area contributed by atoms with Gasteiger partial charge in [0.05, 0.1) is 13.2 Å². The zero-order chi connectivity index (χ0) is 13.6. The van der Waals surface area contributed by atoms with Crippen molar-refractivity contribution in [2.45, 2.75) is 25.7 Å². The lowest BCUT2D eigenvalue weighted by atomic mass is 9.81. The molecule has 2 atom stereocenters. The smallest absolute Gasteiger partial charge is 0.0546 e. The van der Waals surface area contributed by atoms with Gasteiger partial charge in [0.15, 0.2) is 0 Å². The zero-order valence-electron chi connectivity index (χ0n) is 12.6. The van der Waals surface area contributed by atoms with Crippen molar-refractivity contribution in [2.75, 3.05) is 60.2 Å². The summed E-state index contributed by atoms with van der Waals surface area (Å²) >= 11 is 0. The van der Waals surface area contributed by atoms with Gasteiger partial charge in [-0.25, -0.2) is 0 Å². The van der Waals surface area contributed by atoms with Crippen molar-refractivity contribution in [1.29, 1.82) is 0 Å². The van der Waals surface area contributed by atoms with Crippen molar-refractivity contribution < 1.29 is 9.47 Å². The molecule has 0 radical (unpaired) electrons. The van der Waals surface area contributed by atoms with Crippen LogP contribution in [0.1, 0.15) is 25.7 Å². The molecule has 2 fully saturated rings. The standard InChI is InChI=1S/C15H30N2O2/c1-16-11-15(6-4-8-19-13-15)12-17(2)9-14-5-3-7-18-10-14/h14,16H,3-13H2,1-2H3. The van der Waals surface area contributed by atoms with E-state index < -0.39 is 0 Å². The Hall–Kier alpha value is -0.160.